The molecular formula is C21H26F2N2O2. The Labute approximate surface area is 159 Å². The Bertz CT molecular complexity index is 750. The Morgan fingerprint density at radius 1 is 1.15 bits per heavy atom. The van der Waals surface area contributed by atoms with Crippen LogP contribution in [0.5, 0.6) is 11.5 Å². The van der Waals surface area contributed by atoms with Crippen LogP contribution >= 0.6 is 0 Å². The first-order valence-corrected chi connectivity index (χ1v) is 9.33. The maximum Gasteiger partial charge on any atom is 0.183 e. The molecule has 0 aliphatic carbocycles. The lowest BCUT2D eigenvalue weighted by Crippen LogP contribution is -2.35. The standard InChI is InChI=1S/C21H26F2N2O2/c1-26-20-10-11-24-19(21(20)27-2)14-25-12-4-5-15(13-25)8-9-16-17(22)6-3-7-18(16)23/h3,6-7,10-11,15H,4-5,8-9,12-14H2,1-2H3. The van der Waals surface area contributed by atoms with Crippen LogP contribution in [0.1, 0.15) is 30.5 Å². The number of methoxy groups -OCH3 is 2. The van der Waals surface area contributed by atoms with Crippen molar-refractivity contribution in [2.45, 2.75) is 32.2 Å². The molecule has 1 atom stereocenters. The summed E-state index contributed by atoms with van der Waals surface area (Å²) in [6, 6.07) is 5.84. The third-order valence-corrected chi connectivity index (χ3v) is 5.21. The number of halogens is 2. The number of likely N-dealkylation sites (tertiary alicyclic amines) is 1. The lowest BCUT2D eigenvalue weighted by atomic mass is 9.91. The van der Waals surface area contributed by atoms with E-state index in [-0.39, 0.29) is 5.56 Å². The first kappa shape index (κ1) is 19.5. The molecule has 0 spiro atoms. The number of benzene rings is 1. The molecule has 1 aliphatic rings. The van der Waals surface area contributed by atoms with Gasteiger partial charge in [-0.3, -0.25) is 9.88 Å². The molecule has 2 aromatic rings. The van der Waals surface area contributed by atoms with Crippen molar-refractivity contribution in [3.63, 3.8) is 0 Å². The van der Waals surface area contributed by atoms with E-state index in [2.05, 4.69) is 9.88 Å². The molecule has 6 heteroatoms. The average Bonchev–Trinajstić information content (AvgIpc) is 2.67. The Kier molecular flexibility index (Phi) is 6.61. The minimum absolute atomic E-state index is 0.200. The molecule has 2 heterocycles. The van der Waals surface area contributed by atoms with Crippen molar-refractivity contribution in [3.8, 4) is 11.5 Å². The highest BCUT2D eigenvalue weighted by molar-refractivity contribution is 5.42. The number of nitrogens with zero attached hydrogens (tertiary/aromatic N) is 2. The lowest BCUT2D eigenvalue weighted by molar-refractivity contribution is 0.158. The van der Waals surface area contributed by atoms with Gasteiger partial charge in [-0.15, -0.1) is 0 Å². The summed E-state index contributed by atoms with van der Waals surface area (Å²) in [4.78, 5) is 6.78. The lowest BCUT2D eigenvalue weighted by Gasteiger charge is -2.33. The van der Waals surface area contributed by atoms with E-state index in [1.807, 2.05) is 0 Å². The van der Waals surface area contributed by atoms with E-state index in [4.69, 9.17) is 9.47 Å². The smallest absolute Gasteiger partial charge is 0.183 e. The predicted octanol–water partition coefficient (Wildman–Crippen LogP) is 4.22. The summed E-state index contributed by atoms with van der Waals surface area (Å²) in [5.41, 5.74) is 1.04. The van der Waals surface area contributed by atoms with Crippen LogP contribution < -0.4 is 9.47 Å². The number of rotatable bonds is 7. The third-order valence-electron chi connectivity index (χ3n) is 5.21. The summed E-state index contributed by atoms with van der Waals surface area (Å²) in [7, 11) is 3.23. The predicted molar refractivity (Wildman–Crippen MR) is 100 cm³/mol. The molecular weight excluding hydrogens is 350 g/mol. The van der Waals surface area contributed by atoms with Gasteiger partial charge in [0.05, 0.1) is 14.2 Å². The van der Waals surface area contributed by atoms with Crippen molar-refractivity contribution >= 4 is 0 Å². The first-order chi connectivity index (χ1) is 13.1. The third kappa shape index (κ3) is 4.75. The fraction of sp³-hybridized carbons (Fsp3) is 0.476. The van der Waals surface area contributed by atoms with Crippen LogP contribution in [0.3, 0.4) is 0 Å². The Morgan fingerprint density at radius 3 is 2.63 bits per heavy atom. The molecule has 0 amide bonds. The second-order valence-electron chi connectivity index (χ2n) is 6.98. The molecule has 0 radical (unpaired) electrons. The molecule has 1 aromatic heterocycles. The summed E-state index contributed by atoms with van der Waals surface area (Å²) in [6.45, 7) is 2.54. The number of hydrogen-bond acceptors (Lipinski definition) is 4. The zero-order chi connectivity index (χ0) is 19.2. The monoisotopic (exact) mass is 376 g/mol. The highest BCUT2D eigenvalue weighted by atomic mass is 19.1. The summed E-state index contributed by atoms with van der Waals surface area (Å²) >= 11 is 0. The molecule has 3 rings (SSSR count). The molecule has 1 fully saturated rings. The van der Waals surface area contributed by atoms with E-state index in [1.54, 1.807) is 26.5 Å². The van der Waals surface area contributed by atoms with Crippen LogP contribution in [0.25, 0.3) is 0 Å². The second-order valence-corrected chi connectivity index (χ2v) is 6.98. The molecule has 4 nitrogen and oxygen atoms in total. The summed E-state index contributed by atoms with van der Waals surface area (Å²) in [5.74, 6) is 0.844. The number of pyridine rings is 1. The van der Waals surface area contributed by atoms with Crippen LogP contribution in [0.2, 0.25) is 0 Å². The van der Waals surface area contributed by atoms with E-state index in [1.165, 1.54) is 18.2 Å². The molecule has 1 aromatic carbocycles. The number of hydrogen-bond donors (Lipinski definition) is 0. The fourth-order valence-electron chi connectivity index (χ4n) is 3.83. The minimum atomic E-state index is -0.451. The van der Waals surface area contributed by atoms with Gasteiger partial charge in [-0.1, -0.05) is 6.07 Å². The maximum atomic E-state index is 13.8. The van der Waals surface area contributed by atoms with Gasteiger partial charge in [0.2, 0.25) is 0 Å². The summed E-state index contributed by atoms with van der Waals surface area (Å²) in [6.07, 6.45) is 5.07. The van der Waals surface area contributed by atoms with Crippen molar-refractivity contribution in [3.05, 3.63) is 53.4 Å². The highest BCUT2D eigenvalue weighted by Crippen LogP contribution is 2.31. The van der Waals surface area contributed by atoms with Crippen LogP contribution in [0.15, 0.2) is 30.5 Å². The zero-order valence-electron chi connectivity index (χ0n) is 15.9. The molecule has 0 N–H and O–H groups in total. The van der Waals surface area contributed by atoms with Gasteiger partial charge in [0, 0.05) is 30.9 Å². The Morgan fingerprint density at radius 2 is 1.93 bits per heavy atom. The molecule has 27 heavy (non-hydrogen) atoms. The summed E-state index contributed by atoms with van der Waals surface area (Å²) < 4.78 is 38.5. The van der Waals surface area contributed by atoms with E-state index >= 15 is 0 Å². The van der Waals surface area contributed by atoms with Gasteiger partial charge >= 0.3 is 0 Å². The minimum Gasteiger partial charge on any atom is -0.493 e. The van der Waals surface area contributed by atoms with Gasteiger partial charge in [-0.05, 0) is 50.3 Å². The number of ether oxygens (including phenoxy) is 2. The van der Waals surface area contributed by atoms with Crippen molar-refractivity contribution in [1.82, 2.24) is 9.88 Å². The van der Waals surface area contributed by atoms with Crippen LogP contribution in [-0.2, 0) is 13.0 Å². The quantitative estimate of drug-likeness (QED) is 0.725. The molecule has 146 valence electrons. The van der Waals surface area contributed by atoms with Gasteiger partial charge in [0.15, 0.2) is 11.5 Å². The topological polar surface area (TPSA) is 34.6 Å². The van der Waals surface area contributed by atoms with Crippen LogP contribution in [0, 0.1) is 17.6 Å². The van der Waals surface area contributed by atoms with Crippen molar-refractivity contribution < 1.29 is 18.3 Å². The average molecular weight is 376 g/mol. The van der Waals surface area contributed by atoms with Gasteiger partial charge in [0.25, 0.3) is 0 Å². The van der Waals surface area contributed by atoms with Gasteiger partial charge in [-0.2, -0.15) is 0 Å². The summed E-state index contributed by atoms with van der Waals surface area (Å²) in [5, 5.41) is 0. The zero-order valence-corrected chi connectivity index (χ0v) is 15.9. The Hall–Kier alpha value is -2.21. The molecule has 0 saturated carbocycles. The Balaban J connectivity index is 1.62. The van der Waals surface area contributed by atoms with E-state index in [9.17, 15) is 8.78 Å². The molecule has 1 saturated heterocycles. The largest absolute Gasteiger partial charge is 0.493 e. The van der Waals surface area contributed by atoms with Crippen LogP contribution in [0.4, 0.5) is 8.78 Å². The number of piperidine rings is 1. The second kappa shape index (κ2) is 9.13. The first-order valence-electron chi connectivity index (χ1n) is 9.33. The SMILES string of the molecule is COc1ccnc(CN2CCCC(CCc3c(F)cccc3F)C2)c1OC. The van der Waals surface area contributed by atoms with E-state index < -0.39 is 11.6 Å². The van der Waals surface area contributed by atoms with E-state index in [0.717, 1.165) is 38.0 Å². The van der Waals surface area contributed by atoms with E-state index in [0.29, 0.717) is 30.4 Å². The van der Waals surface area contributed by atoms with Gasteiger partial charge in [-0.25, -0.2) is 8.78 Å². The van der Waals surface area contributed by atoms with Gasteiger partial charge in [0.1, 0.15) is 17.3 Å². The van der Waals surface area contributed by atoms with Crippen molar-refractivity contribution in [2.75, 3.05) is 27.3 Å². The fourth-order valence-corrected chi connectivity index (χ4v) is 3.83. The highest BCUT2D eigenvalue weighted by Gasteiger charge is 2.23. The van der Waals surface area contributed by atoms with Crippen LogP contribution in [-0.4, -0.2) is 37.2 Å². The van der Waals surface area contributed by atoms with Crippen molar-refractivity contribution in [1.29, 1.82) is 0 Å². The molecule has 1 aliphatic heterocycles. The molecule has 1 unspecified atom stereocenters. The molecule has 0 bridgehead atoms. The van der Waals surface area contributed by atoms with Gasteiger partial charge < -0.3 is 9.47 Å². The van der Waals surface area contributed by atoms with Crippen molar-refractivity contribution in [2.24, 2.45) is 5.92 Å². The maximum absolute atomic E-state index is 13.8. The number of aromatic nitrogens is 1. The normalized spacial score (nSPS) is 17.7.